The Morgan fingerprint density at radius 1 is 1.00 bits per heavy atom. The van der Waals surface area contributed by atoms with Crippen LogP contribution in [0.1, 0.15) is 5.56 Å². The Hall–Kier alpha value is -1.75. The fourth-order valence-electron chi connectivity index (χ4n) is 1.64. The SMILES string of the molecule is O=C(CSc1ccc(F)cc1)Cc1cccc(F)c1F. The van der Waals surface area contributed by atoms with Gasteiger partial charge in [0.15, 0.2) is 11.6 Å². The van der Waals surface area contributed by atoms with E-state index in [1.807, 2.05) is 0 Å². The molecule has 5 heteroatoms. The Labute approximate surface area is 118 Å². The lowest BCUT2D eigenvalue weighted by molar-refractivity contribution is -0.116. The molecule has 0 bridgehead atoms. The summed E-state index contributed by atoms with van der Waals surface area (Å²) in [7, 11) is 0. The quantitative estimate of drug-likeness (QED) is 0.776. The molecule has 0 heterocycles. The second kappa shape index (κ2) is 6.61. The van der Waals surface area contributed by atoms with Crippen molar-refractivity contribution in [2.45, 2.75) is 11.3 Å². The highest BCUT2D eigenvalue weighted by atomic mass is 32.2. The molecule has 2 rings (SSSR count). The number of carbonyl (C=O) groups excluding carboxylic acids is 1. The van der Waals surface area contributed by atoms with E-state index in [1.54, 1.807) is 12.1 Å². The molecule has 0 atom stereocenters. The van der Waals surface area contributed by atoms with Gasteiger partial charge in [0.05, 0.1) is 5.75 Å². The molecule has 0 aromatic heterocycles. The van der Waals surface area contributed by atoms with Gasteiger partial charge in [-0.2, -0.15) is 0 Å². The molecule has 2 aromatic rings. The number of halogens is 3. The van der Waals surface area contributed by atoms with E-state index in [0.717, 1.165) is 11.0 Å². The highest BCUT2D eigenvalue weighted by Gasteiger charge is 2.12. The molecule has 0 saturated carbocycles. The van der Waals surface area contributed by atoms with Gasteiger partial charge < -0.3 is 0 Å². The molecule has 0 radical (unpaired) electrons. The lowest BCUT2D eigenvalue weighted by atomic mass is 10.1. The van der Waals surface area contributed by atoms with E-state index in [-0.39, 0.29) is 29.3 Å². The average molecular weight is 296 g/mol. The van der Waals surface area contributed by atoms with Crippen molar-refractivity contribution in [3.05, 3.63) is 65.5 Å². The highest BCUT2D eigenvalue weighted by molar-refractivity contribution is 8.00. The first kappa shape index (κ1) is 14.7. The van der Waals surface area contributed by atoms with Gasteiger partial charge in [-0.25, -0.2) is 13.2 Å². The average Bonchev–Trinajstić information content (AvgIpc) is 2.43. The summed E-state index contributed by atoms with van der Waals surface area (Å²) in [5, 5.41) is 0. The van der Waals surface area contributed by atoms with Crippen molar-refractivity contribution >= 4 is 17.5 Å². The fourth-order valence-corrected chi connectivity index (χ4v) is 2.40. The molecule has 0 aliphatic carbocycles. The van der Waals surface area contributed by atoms with Crippen LogP contribution >= 0.6 is 11.8 Å². The Balaban J connectivity index is 1.92. The van der Waals surface area contributed by atoms with Gasteiger partial charge in [0.2, 0.25) is 0 Å². The van der Waals surface area contributed by atoms with Crippen molar-refractivity contribution in [1.82, 2.24) is 0 Å². The fraction of sp³-hybridized carbons (Fsp3) is 0.133. The minimum Gasteiger partial charge on any atom is -0.298 e. The van der Waals surface area contributed by atoms with Gasteiger partial charge in [-0.1, -0.05) is 12.1 Å². The van der Waals surface area contributed by atoms with Crippen LogP contribution in [-0.2, 0) is 11.2 Å². The van der Waals surface area contributed by atoms with Crippen molar-refractivity contribution in [2.24, 2.45) is 0 Å². The predicted octanol–water partition coefficient (Wildman–Crippen LogP) is 4.01. The highest BCUT2D eigenvalue weighted by Crippen LogP contribution is 2.19. The van der Waals surface area contributed by atoms with Gasteiger partial charge >= 0.3 is 0 Å². The Kier molecular flexibility index (Phi) is 4.84. The zero-order chi connectivity index (χ0) is 14.5. The number of hydrogen-bond acceptors (Lipinski definition) is 2. The summed E-state index contributed by atoms with van der Waals surface area (Å²) >= 11 is 1.23. The second-order valence-corrected chi connectivity index (χ2v) is 5.22. The topological polar surface area (TPSA) is 17.1 Å². The van der Waals surface area contributed by atoms with Gasteiger partial charge in [-0.3, -0.25) is 4.79 Å². The van der Waals surface area contributed by atoms with Crippen molar-refractivity contribution in [3.8, 4) is 0 Å². The monoisotopic (exact) mass is 296 g/mol. The van der Waals surface area contributed by atoms with E-state index in [1.165, 1.54) is 36.0 Å². The molecule has 0 unspecified atom stereocenters. The Morgan fingerprint density at radius 3 is 2.40 bits per heavy atom. The van der Waals surface area contributed by atoms with Crippen LogP contribution in [0.25, 0.3) is 0 Å². The minimum atomic E-state index is -0.979. The molecular weight excluding hydrogens is 285 g/mol. The molecule has 104 valence electrons. The summed E-state index contributed by atoms with van der Waals surface area (Å²) in [5.74, 6) is -2.37. The lowest BCUT2D eigenvalue weighted by Gasteiger charge is -2.04. The number of Topliss-reactive ketones (excluding diaryl/α,β-unsaturated/α-hetero) is 1. The third-order valence-corrected chi connectivity index (χ3v) is 3.70. The van der Waals surface area contributed by atoms with Crippen LogP contribution in [0.4, 0.5) is 13.2 Å². The minimum absolute atomic E-state index is 0.0507. The molecule has 0 aliphatic rings. The van der Waals surface area contributed by atoms with Crippen LogP contribution in [-0.4, -0.2) is 11.5 Å². The van der Waals surface area contributed by atoms with Crippen LogP contribution < -0.4 is 0 Å². The number of carbonyl (C=O) groups is 1. The first-order valence-electron chi connectivity index (χ1n) is 5.89. The third-order valence-electron chi connectivity index (χ3n) is 2.63. The van der Waals surface area contributed by atoms with Crippen molar-refractivity contribution in [2.75, 3.05) is 5.75 Å². The van der Waals surface area contributed by atoms with Crippen molar-refractivity contribution in [3.63, 3.8) is 0 Å². The van der Waals surface area contributed by atoms with E-state index in [0.29, 0.717) is 0 Å². The van der Waals surface area contributed by atoms with E-state index in [2.05, 4.69) is 0 Å². The van der Waals surface area contributed by atoms with Crippen LogP contribution in [0.15, 0.2) is 47.4 Å². The van der Waals surface area contributed by atoms with E-state index in [4.69, 9.17) is 0 Å². The van der Waals surface area contributed by atoms with E-state index >= 15 is 0 Å². The van der Waals surface area contributed by atoms with Crippen LogP contribution in [0.2, 0.25) is 0 Å². The molecule has 0 N–H and O–H groups in total. The first-order valence-corrected chi connectivity index (χ1v) is 6.88. The smallest absolute Gasteiger partial charge is 0.162 e. The maximum atomic E-state index is 13.4. The number of rotatable bonds is 5. The van der Waals surface area contributed by atoms with Crippen molar-refractivity contribution < 1.29 is 18.0 Å². The molecule has 0 spiro atoms. The number of thioether (sulfide) groups is 1. The second-order valence-electron chi connectivity index (χ2n) is 4.17. The zero-order valence-corrected chi connectivity index (χ0v) is 11.2. The summed E-state index contributed by atoms with van der Waals surface area (Å²) in [6.45, 7) is 0. The summed E-state index contributed by atoms with van der Waals surface area (Å²) in [6, 6.07) is 9.51. The Bertz CT molecular complexity index is 611. The van der Waals surface area contributed by atoms with Crippen molar-refractivity contribution in [1.29, 1.82) is 0 Å². The van der Waals surface area contributed by atoms with Crippen LogP contribution in [0.5, 0.6) is 0 Å². The number of ketones is 1. The molecule has 0 saturated heterocycles. The molecule has 1 nitrogen and oxygen atoms in total. The molecular formula is C15H11F3OS. The maximum absolute atomic E-state index is 13.4. The van der Waals surface area contributed by atoms with Gasteiger partial charge in [0.1, 0.15) is 11.6 Å². The zero-order valence-electron chi connectivity index (χ0n) is 10.4. The van der Waals surface area contributed by atoms with Gasteiger partial charge in [-0.15, -0.1) is 11.8 Å². The van der Waals surface area contributed by atoms with Crippen LogP contribution in [0, 0.1) is 17.5 Å². The van der Waals surface area contributed by atoms with Crippen LogP contribution in [0.3, 0.4) is 0 Å². The molecule has 0 aliphatic heterocycles. The summed E-state index contributed by atoms with van der Waals surface area (Å²) in [5.41, 5.74) is 0.0507. The third kappa shape index (κ3) is 3.87. The molecule has 0 amide bonds. The molecule has 0 fully saturated rings. The number of benzene rings is 2. The van der Waals surface area contributed by atoms with Gasteiger partial charge in [-0.05, 0) is 35.9 Å². The van der Waals surface area contributed by atoms with E-state index < -0.39 is 11.6 Å². The summed E-state index contributed by atoms with van der Waals surface area (Å²) in [4.78, 5) is 12.5. The molecule has 20 heavy (non-hydrogen) atoms. The summed E-state index contributed by atoms with van der Waals surface area (Å²) in [6.07, 6.45) is -0.155. The standard InChI is InChI=1S/C15H11F3OS/c16-11-4-6-13(7-5-11)20-9-12(19)8-10-2-1-3-14(17)15(10)18/h1-7H,8-9H2. The maximum Gasteiger partial charge on any atom is 0.162 e. The van der Waals surface area contributed by atoms with E-state index in [9.17, 15) is 18.0 Å². The number of hydrogen-bond donors (Lipinski definition) is 0. The Morgan fingerprint density at radius 2 is 1.70 bits per heavy atom. The lowest BCUT2D eigenvalue weighted by Crippen LogP contribution is -2.08. The molecule has 2 aromatic carbocycles. The largest absolute Gasteiger partial charge is 0.298 e. The van der Waals surface area contributed by atoms with Gasteiger partial charge in [0.25, 0.3) is 0 Å². The predicted molar refractivity (Wildman–Crippen MR) is 72.2 cm³/mol. The van der Waals surface area contributed by atoms with Gasteiger partial charge in [0, 0.05) is 11.3 Å². The summed E-state index contributed by atoms with van der Waals surface area (Å²) < 4.78 is 39.1. The normalized spacial score (nSPS) is 10.6. The first-order chi connectivity index (χ1) is 9.56.